The van der Waals surface area contributed by atoms with Gasteiger partial charge in [0.1, 0.15) is 24.1 Å². The van der Waals surface area contributed by atoms with Crippen LogP contribution in [0, 0.1) is 5.92 Å². The Morgan fingerprint density at radius 3 is 2.84 bits per heavy atom. The fourth-order valence-electron chi connectivity index (χ4n) is 3.88. The van der Waals surface area contributed by atoms with Gasteiger partial charge >= 0.3 is 12.3 Å². The van der Waals surface area contributed by atoms with Gasteiger partial charge in [0.2, 0.25) is 5.91 Å². The molecule has 1 atom stereocenters. The fourth-order valence-corrected chi connectivity index (χ4v) is 4.04. The first-order valence-electron chi connectivity index (χ1n) is 11.5. The number of rotatable bonds is 6. The van der Waals surface area contributed by atoms with Crippen molar-refractivity contribution in [3.8, 4) is 11.4 Å². The molecule has 2 amide bonds. The van der Waals surface area contributed by atoms with Gasteiger partial charge in [-0.15, -0.1) is 0 Å². The molecule has 1 aliphatic heterocycles. The van der Waals surface area contributed by atoms with E-state index in [4.69, 9.17) is 16.3 Å². The Kier molecular flexibility index (Phi) is 7.71. The number of anilines is 1. The van der Waals surface area contributed by atoms with Crippen LogP contribution in [0.25, 0.3) is 22.4 Å². The molecule has 2 N–H and O–H groups in total. The Morgan fingerprint density at radius 1 is 1.32 bits per heavy atom. The maximum Gasteiger partial charge on any atom is 0.409 e. The number of piperazine rings is 1. The van der Waals surface area contributed by atoms with Crippen molar-refractivity contribution in [3.63, 3.8) is 0 Å². The number of halogens is 4. The second kappa shape index (κ2) is 10.8. The number of H-pyrrole nitrogens is 1. The van der Waals surface area contributed by atoms with Crippen LogP contribution in [0.2, 0.25) is 5.02 Å². The minimum Gasteiger partial charge on any atom is -0.449 e. The van der Waals surface area contributed by atoms with Crippen molar-refractivity contribution in [2.75, 3.05) is 37.7 Å². The molecule has 202 valence electrons. The van der Waals surface area contributed by atoms with E-state index < -0.39 is 30.8 Å². The highest BCUT2D eigenvalue weighted by molar-refractivity contribution is 6.31. The number of hydrogen-bond donors (Lipinski definition) is 2. The van der Waals surface area contributed by atoms with E-state index in [9.17, 15) is 22.8 Å². The normalized spacial score (nSPS) is 16.4. The van der Waals surface area contributed by atoms with Crippen LogP contribution >= 0.6 is 11.6 Å². The minimum atomic E-state index is -4.59. The highest BCUT2D eigenvalue weighted by atomic mass is 35.5. The second-order valence-electron chi connectivity index (χ2n) is 8.95. The van der Waals surface area contributed by atoms with Crippen LogP contribution in [0.4, 0.5) is 23.8 Å². The molecule has 37 heavy (non-hydrogen) atoms. The average molecular weight is 544 g/mol. The highest BCUT2D eigenvalue weighted by Gasteiger charge is 2.38. The number of pyridine rings is 1. The van der Waals surface area contributed by atoms with E-state index in [2.05, 4.69) is 19.9 Å². The van der Waals surface area contributed by atoms with Gasteiger partial charge in [-0.05, 0) is 18.1 Å². The number of hydrogen-bond acceptors (Lipinski definition) is 7. The number of fused-ring (bicyclic) bond motifs is 1. The predicted octanol–water partition coefficient (Wildman–Crippen LogP) is 4.13. The average Bonchev–Trinajstić information content (AvgIpc) is 3.28. The smallest absolute Gasteiger partial charge is 0.409 e. The Morgan fingerprint density at radius 2 is 2.11 bits per heavy atom. The molecule has 1 saturated heterocycles. The zero-order valence-electron chi connectivity index (χ0n) is 20.0. The largest absolute Gasteiger partial charge is 0.449 e. The van der Waals surface area contributed by atoms with Crippen molar-refractivity contribution in [2.45, 2.75) is 26.1 Å². The summed E-state index contributed by atoms with van der Waals surface area (Å²) in [6.07, 6.45) is -0.561. The lowest BCUT2D eigenvalue weighted by molar-refractivity contribution is -0.139. The molecule has 0 saturated carbocycles. The van der Waals surface area contributed by atoms with Crippen LogP contribution in [0.3, 0.4) is 0 Å². The number of carbonyl (C=O) groups excluding carboxylic acids is 2. The maximum absolute atomic E-state index is 12.9. The molecule has 10 nitrogen and oxygen atoms in total. The zero-order chi connectivity index (χ0) is 26.7. The molecule has 4 rings (SSSR count). The molecule has 1 aliphatic rings. The first-order chi connectivity index (χ1) is 17.5. The van der Waals surface area contributed by atoms with Gasteiger partial charge in [0, 0.05) is 45.5 Å². The summed E-state index contributed by atoms with van der Waals surface area (Å²) in [5.41, 5.74) is 1.19. The van der Waals surface area contributed by atoms with Crippen molar-refractivity contribution in [1.82, 2.24) is 30.2 Å². The Balaban J connectivity index is 0.00000267. The third-order valence-corrected chi connectivity index (χ3v) is 5.82. The molecule has 4 heterocycles. The number of nitrogens with zero attached hydrogens (tertiary/aromatic N) is 5. The number of nitrogens with one attached hydrogen (secondary N) is 2. The summed E-state index contributed by atoms with van der Waals surface area (Å²) in [6.45, 7) is 2.60. The molecule has 0 unspecified atom stereocenters. The van der Waals surface area contributed by atoms with Crippen LogP contribution in [0.15, 0.2) is 30.7 Å². The standard InChI is InChI=1S/C23H25ClF3N7O3.2H2/c1-13(2)11-37-22(36)33-5-6-34(17(10-33)21(35)31-12-23(25,26)27)18-3-4-28-20(32-18)16-9-30-19-15(16)7-14(24)8-29-19;;/h3-4,7-9,13,17H,5-6,10-12H2,1-2H3,(H,29,30)(H,31,35);2*1H/t17-;;/m0../s1. The van der Waals surface area contributed by atoms with E-state index in [-0.39, 0.29) is 35.0 Å². The fraction of sp³-hybridized carbons (Fsp3) is 0.435. The van der Waals surface area contributed by atoms with Crippen molar-refractivity contribution in [1.29, 1.82) is 0 Å². The number of ether oxygens (including phenoxy) is 1. The van der Waals surface area contributed by atoms with Crippen LogP contribution in [0.1, 0.15) is 16.7 Å². The van der Waals surface area contributed by atoms with E-state index in [1.54, 1.807) is 23.2 Å². The number of carbonyl (C=O) groups is 2. The molecular weight excluding hydrogens is 515 g/mol. The summed E-state index contributed by atoms with van der Waals surface area (Å²) in [7, 11) is 0. The first kappa shape index (κ1) is 26.5. The van der Waals surface area contributed by atoms with E-state index in [0.717, 1.165) is 0 Å². The summed E-state index contributed by atoms with van der Waals surface area (Å²) in [5.74, 6) is -0.162. The lowest BCUT2D eigenvalue weighted by Crippen LogP contribution is -2.61. The van der Waals surface area contributed by atoms with Crippen LogP contribution in [0.5, 0.6) is 0 Å². The minimum absolute atomic E-state index is 0. The molecule has 14 heteroatoms. The summed E-state index contributed by atoms with van der Waals surface area (Å²) < 4.78 is 43.7. The van der Waals surface area contributed by atoms with Crippen LogP contribution < -0.4 is 10.2 Å². The quantitative estimate of drug-likeness (QED) is 0.480. The molecular formula is C23H29ClF3N7O3. The third-order valence-electron chi connectivity index (χ3n) is 5.62. The van der Waals surface area contributed by atoms with Gasteiger partial charge in [0.15, 0.2) is 5.82 Å². The molecule has 0 spiro atoms. The molecule has 0 bridgehead atoms. The summed E-state index contributed by atoms with van der Waals surface area (Å²) in [5, 5.41) is 3.02. The van der Waals surface area contributed by atoms with Gasteiger partial charge in [0.05, 0.1) is 18.2 Å². The van der Waals surface area contributed by atoms with Gasteiger partial charge in [-0.2, -0.15) is 13.2 Å². The van der Waals surface area contributed by atoms with Gasteiger partial charge in [0.25, 0.3) is 0 Å². The lowest BCUT2D eigenvalue weighted by Gasteiger charge is -2.40. The topological polar surface area (TPSA) is 116 Å². The molecule has 0 aliphatic carbocycles. The zero-order valence-corrected chi connectivity index (χ0v) is 20.8. The summed E-state index contributed by atoms with van der Waals surface area (Å²) >= 11 is 6.09. The van der Waals surface area contributed by atoms with Gasteiger partial charge < -0.3 is 24.8 Å². The lowest BCUT2D eigenvalue weighted by atomic mass is 10.1. The molecule has 0 aromatic carbocycles. The van der Waals surface area contributed by atoms with Gasteiger partial charge in [-0.1, -0.05) is 25.4 Å². The van der Waals surface area contributed by atoms with Crippen molar-refractivity contribution < 1.29 is 30.4 Å². The molecule has 0 radical (unpaired) electrons. The van der Waals surface area contributed by atoms with Gasteiger partial charge in [-0.3, -0.25) is 4.79 Å². The van der Waals surface area contributed by atoms with Crippen LogP contribution in [-0.4, -0.2) is 81.8 Å². The van der Waals surface area contributed by atoms with Crippen molar-refractivity contribution in [2.24, 2.45) is 5.92 Å². The number of alkyl halides is 3. The summed E-state index contributed by atoms with van der Waals surface area (Å²) in [4.78, 5) is 44.4. The molecule has 3 aromatic heterocycles. The van der Waals surface area contributed by atoms with Crippen molar-refractivity contribution in [3.05, 3.63) is 35.7 Å². The van der Waals surface area contributed by atoms with E-state index >= 15 is 0 Å². The van der Waals surface area contributed by atoms with E-state index in [0.29, 0.717) is 33.3 Å². The van der Waals surface area contributed by atoms with Crippen LogP contribution in [-0.2, 0) is 9.53 Å². The molecule has 1 fully saturated rings. The van der Waals surface area contributed by atoms with Gasteiger partial charge in [-0.25, -0.2) is 19.7 Å². The van der Waals surface area contributed by atoms with E-state index in [1.165, 1.54) is 17.3 Å². The SMILES string of the molecule is CC(C)COC(=O)N1CCN(c2ccnc(-c3c[nH]c4ncc(Cl)cc34)n2)[C@H](C(=O)NCC(F)(F)F)C1.[HH].[HH]. The van der Waals surface area contributed by atoms with Crippen molar-refractivity contribution >= 4 is 40.5 Å². The number of amides is 2. The number of aromatic nitrogens is 4. The first-order valence-corrected chi connectivity index (χ1v) is 11.9. The van der Waals surface area contributed by atoms with E-state index in [1.807, 2.05) is 19.2 Å². The predicted molar refractivity (Wildman–Crippen MR) is 134 cm³/mol. The number of aromatic amines is 1. The second-order valence-corrected chi connectivity index (χ2v) is 9.39. The highest BCUT2D eigenvalue weighted by Crippen LogP contribution is 2.29. The monoisotopic (exact) mass is 543 g/mol. The Labute approximate surface area is 218 Å². The summed E-state index contributed by atoms with van der Waals surface area (Å²) in [6, 6.07) is 2.13. The maximum atomic E-state index is 12.9. The Bertz CT molecular complexity index is 1300. The third kappa shape index (κ3) is 6.40. The molecule has 3 aromatic rings. The Hall–Kier alpha value is -3.61.